The Bertz CT molecular complexity index is 1090. The standard InChI is InChI=1S/C23H23N7OS/c31-22(15-30-12-8-18(9-13-30)26-16-32)27-19-3-5-20(6-4-19)28-23-25-11-7-21(29-23)17-2-1-10-24-14-17/h1-7,10-11,14,18H,8-9,12-13,15H2,(H,27,31)(H,25,28,29). The number of aromatic nitrogens is 3. The molecule has 9 heteroatoms. The lowest BCUT2D eigenvalue weighted by atomic mass is 10.1. The minimum Gasteiger partial charge on any atom is -0.325 e. The molecule has 0 radical (unpaired) electrons. The molecule has 1 aliphatic rings. The van der Waals surface area contributed by atoms with Gasteiger partial charge in [-0.05, 0) is 67.5 Å². The molecule has 8 nitrogen and oxygen atoms in total. The molecule has 4 rings (SSSR count). The number of hydrogen-bond donors (Lipinski definition) is 2. The van der Waals surface area contributed by atoms with Crippen molar-refractivity contribution in [3.05, 3.63) is 61.1 Å². The fourth-order valence-electron chi connectivity index (χ4n) is 3.54. The Morgan fingerprint density at radius 1 is 1.12 bits per heavy atom. The molecule has 0 atom stereocenters. The van der Waals surface area contributed by atoms with Crippen LogP contribution < -0.4 is 10.6 Å². The van der Waals surface area contributed by atoms with Crippen molar-refractivity contribution in [3.63, 3.8) is 0 Å². The van der Waals surface area contributed by atoms with Gasteiger partial charge in [-0.1, -0.05) is 0 Å². The summed E-state index contributed by atoms with van der Waals surface area (Å²) in [5, 5.41) is 8.59. The van der Waals surface area contributed by atoms with Gasteiger partial charge < -0.3 is 10.6 Å². The van der Waals surface area contributed by atoms with Crippen LogP contribution in [0.1, 0.15) is 12.8 Å². The molecule has 3 heterocycles. The number of pyridine rings is 1. The summed E-state index contributed by atoms with van der Waals surface area (Å²) in [5.74, 6) is 0.458. The largest absolute Gasteiger partial charge is 0.325 e. The van der Waals surface area contributed by atoms with Crippen molar-refractivity contribution in [2.75, 3.05) is 30.3 Å². The van der Waals surface area contributed by atoms with E-state index in [1.54, 1.807) is 18.6 Å². The molecule has 0 spiro atoms. The zero-order chi connectivity index (χ0) is 22.2. The van der Waals surface area contributed by atoms with E-state index in [1.807, 2.05) is 42.5 Å². The molecule has 2 N–H and O–H groups in total. The first kappa shape index (κ1) is 21.7. The summed E-state index contributed by atoms with van der Waals surface area (Å²) in [5.41, 5.74) is 3.28. The van der Waals surface area contributed by atoms with Crippen molar-refractivity contribution in [3.8, 4) is 11.3 Å². The maximum Gasteiger partial charge on any atom is 0.238 e. The Hall–Kier alpha value is -3.52. The number of rotatable bonds is 7. The van der Waals surface area contributed by atoms with Crippen LogP contribution in [0.15, 0.2) is 66.0 Å². The van der Waals surface area contributed by atoms with E-state index in [0.717, 1.165) is 48.6 Å². The molecule has 0 aliphatic carbocycles. The molecule has 1 amide bonds. The second kappa shape index (κ2) is 10.7. The normalized spacial score (nSPS) is 14.4. The highest BCUT2D eigenvalue weighted by Crippen LogP contribution is 2.20. The van der Waals surface area contributed by atoms with Gasteiger partial charge >= 0.3 is 0 Å². The first-order valence-electron chi connectivity index (χ1n) is 10.4. The average Bonchev–Trinajstić information content (AvgIpc) is 2.83. The summed E-state index contributed by atoms with van der Waals surface area (Å²) < 4.78 is 0. The Labute approximate surface area is 191 Å². The fraction of sp³-hybridized carbons (Fsp3) is 0.261. The third-order valence-electron chi connectivity index (χ3n) is 5.20. The first-order valence-corrected chi connectivity index (χ1v) is 10.8. The highest BCUT2D eigenvalue weighted by atomic mass is 32.1. The lowest BCUT2D eigenvalue weighted by molar-refractivity contribution is -0.117. The highest BCUT2D eigenvalue weighted by Gasteiger charge is 2.20. The van der Waals surface area contributed by atoms with Gasteiger partial charge in [0.2, 0.25) is 11.9 Å². The number of nitrogens with zero attached hydrogens (tertiary/aromatic N) is 5. The van der Waals surface area contributed by atoms with Crippen LogP contribution in [0.4, 0.5) is 17.3 Å². The number of carbonyl (C=O) groups excluding carboxylic acids is 1. The van der Waals surface area contributed by atoms with Gasteiger partial charge in [-0.3, -0.25) is 14.7 Å². The number of aliphatic imine (C=N–C) groups is 1. The van der Waals surface area contributed by atoms with Crippen LogP contribution in [-0.2, 0) is 4.79 Å². The molecule has 3 aromatic rings. The van der Waals surface area contributed by atoms with Crippen LogP contribution in [0.2, 0.25) is 0 Å². The van der Waals surface area contributed by atoms with Crippen molar-refractivity contribution >= 4 is 40.6 Å². The van der Waals surface area contributed by atoms with Gasteiger partial charge in [0.05, 0.1) is 23.4 Å². The maximum absolute atomic E-state index is 12.4. The molecule has 1 saturated heterocycles. The van der Waals surface area contributed by atoms with Gasteiger partial charge in [-0.15, -0.1) is 0 Å². The molecule has 0 unspecified atom stereocenters. The number of carbonyl (C=O) groups is 1. The van der Waals surface area contributed by atoms with Crippen LogP contribution >= 0.6 is 12.2 Å². The van der Waals surface area contributed by atoms with Gasteiger partial charge in [0, 0.05) is 48.6 Å². The lowest BCUT2D eigenvalue weighted by Crippen LogP contribution is -2.40. The third kappa shape index (κ3) is 6.01. The van der Waals surface area contributed by atoms with Crippen LogP contribution in [0, 0.1) is 0 Å². The van der Waals surface area contributed by atoms with Crippen molar-refractivity contribution in [1.82, 2.24) is 19.9 Å². The molecule has 32 heavy (non-hydrogen) atoms. The van der Waals surface area contributed by atoms with E-state index in [4.69, 9.17) is 0 Å². The van der Waals surface area contributed by atoms with Crippen molar-refractivity contribution in [1.29, 1.82) is 0 Å². The Morgan fingerprint density at radius 3 is 2.62 bits per heavy atom. The van der Waals surface area contributed by atoms with E-state index in [-0.39, 0.29) is 11.9 Å². The summed E-state index contributed by atoms with van der Waals surface area (Å²) in [6.07, 6.45) is 7.00. The number of benzene rings is 1. The van der Waals surface area contributed by atoms with Crippen molar-refractivity contribution in [2.24, 2.45) is 4.99 Å². The van der Waals surface area contributed by atoms with Crippen LogP contribution in [0.3, 0.4) is 0 Å². The molecule has 1 aliphatic heterocycles. The topological polar surface area (TPSA) is 95.4 Å². The Kier molecular flexibility index (Phi) is 7.24. The number of likely N-dealkylation sites (tertiary alicyclic amines) is 1. The minimum absolute atomic E-state index is 0.0324. The summed E-state index contributed by atoms with van der Waals surface area (Å²) in [6, 6.07) is 13.4. The molecule has 1 aromatic carbocycles. The minimum atomic E-state index is -0.0324. The van der Waals surface area contributed by atoms with Gasteiger partial charge in [-0.25, -0.2) is 15.0 Å². The molecule has 0 bridgehead atoms. The zero-order valence-electron chi connectivity index (χ0n) is 17.4. The molecular weight excluding hydrogens is 422 g/mol. The van der Waals surface area contributed by atoms with Gasteiger partial charge in [0.15, 0.2) is 0 Å². The molecule has 1 fully saturated rings. The summed E-state index contributed by atoms with van der Waals surface area (Å²) in [6.45, 7) is 2.03. The van der Waals surface area contributed by atoms with E-state index < -0.39 is 0 Å². The predicted octanol–water partition coefficient (Wildman–Crippen LogP) is 3.79. The first-order chi connectivity index (χ1) is 15.7. The van der Waals surface area contributed by atoms with E-state index in [2.05, 4.69) is 52.9 Å². The number of thiocarbonyl (C=S) groups is 1. The number of nitrogens with one attached hydrogen (secondary N) is 2. The molecule has 162 valence electrons. The van der Waals surface area contributed by atoms with Crippen molar-refractivity contribution < 1.29 is 4.79 Å². The fourth-order valence-corrected chi connectivity index (χ4v) is 3.69. The van der Waals surface area contributed by atoms with E-state index in [9.17, 15) is 4.79 Å². The molecule has 0 saturated carbocycles. The number of isothiocyanates is 1. The number of piperidine rings is 1. The third-order valence-corrected chi connectivity index (χ3v) is 5.30. The van der Waals surface area contributed by atoms with E-state index in [1.165, 1.54) is 0 Å². The molecule has 2 aromatic heterocycles. The van der Waals surface area contributed by atoms with E-state index in [0.29, 0.717) is 12.5 Å². The Balaban J connectivity index is 1.30. The highest BCUT2D eigenvalue weighted by molar-refractivity contribution is 7.78. The SMILES string of the molecule is O=C(CN1CCC(N=C=S)CC1)Nc1ccc(Nc2nccc(-c3cccnc3)n2)cc1. The van der Waals surface area contributed by atoms with Gasteiger partial charge in [-0.2, -0.15) is 0 Å². The van der Waals surface area contributed by atoms with Gasteiger partial charge in [0.1, 0.15) is 0 Å². The maximum atomic E-state index is 12.4. The van der Waals surface area contributed by atoms with Crippen LogP contribution in [-0.4, -0.2) is 56.6 Å². The monoisotopic (exact) mass is 445 g/mol. The lowest BCUT2D eigenvalue weighted by Gasteiger charge is -2.28. The number of amides is 1. The number of anilines is 3. The summed E-state index contributed by atoms with van der Waals surface area (Å²) in [4.78, 5) is 31.6. The van der Waals surface area contributed by atoms with Gasteiger partial charge in [0.25, 0.3) is 0 Å². The van der Waals surface area contributed by atoms with Crippen molar-refractivity contribution in [2.45, 2.75) is 18.9 Å². The smallest absolute Gasteiger partial charge is 0.238 e. The number of hydrogen-bond acceptors (Lipinski definition) is 8. The van der Waals surface area contributed by atoms with Crippen LogP contribution in [0.5, 0.6) is 0 Å². The summed E-state index contributed by atoms with van der Waals surface area (Å²) >= 11 is 4.67. The molecular formula is C23H23N7OS. The van der Waals surface area contributed by atoms with E-state index >= 15 is 0 Å². The summed E-state index contributed by atoms with van der Waals surface area (Å²) in [7, 11) is 0. The second-order valence-electron chi connectivity index (χ2n) is 7.49. The second-order valence-corrected chi connectivity index (χ2v) is 7.67. The zero-order valence-corrected chi connectivity index (χ0v) is 18.3. The Morgan fingerprint density at radius 2 is 1.91 bits per heavy atom. The average molecular weight is 446 g/mol. The quantitative estimate of drug-likeness (QED) is 0.422. The predicted molar refractivity (Wildman–Crippen MR) is 128 cm³/mol. The van der Waals surface area contributed by atoms with Crippen LogP contribution in [0.25, 0.3) is 11.3 Å².